The van der Waals surface area contributed by atoms with Gasteiger partial charge < -0.3 is 15.0 Å². The van der Waals surface area contributed by atoms with Gasteiger partial charge in [0.05, 0.1) is 11.6 Å². The Balaban J connectivity index is 1.56. The van der Waals surface area contributed by atoms with Crippen molar-refractivity contribution in [2.75, 3.05) is 26.0 Å². The first-order chi connectivity index (χ1) is 14.5. The second-order valence-corrected chi connectivity index (χ2v) is 6.83. The number of rotatable bonds is 6. The van der Waals surface area contributed by atoms with Crippen LogP contribution in [0.15, 0.2) is 72.8 Å². The SMILES string of the molecule is CN(C)C(=O)c1cccc(NC(=O)COc2ccc(-c3ccc(C#N)cc3)cc2)c1. The second kappa shape index (κ2) is 9.39. The largest absolute Gasteiger partial charge is 0.484 e. The van der Waals surface area contributed by atoms with Crippen molar-refractivity contribution < 1.29 is 14.3 Å². The Morgan fingerprint density at radius 2 is 1.60 bits per heavy atom. The molecular weight excluding hydrogens is 378 g/mol. The van der Waals surface area contributed by atoms with Crippen LogP contribution in [0.4, 0.5) is 5.69 Å². The quantitative estimate of drug-likeness (QED) is 0.681. The van der Waals surface area contributed by atoms with Gasteiger partial charge in [0.1, 0.15) is 5.75 Å². The van der Waals surface area contributed by atoms with Gasteiger partial charge in [0, 0.05) is 25.3 Å². The van der Waals surface area contributed by atoms with E-state index in [9.17, 15) is 9.59 Å². The fourth-order valence-electron chi connectivity index (χ4n) is 2.81. The third kappa shape index (κ3) is 5.24. The first-order valence-electron chi connectivity index (χ1n) is 9.31. The van der Waals surface area contributed by atoms with E-state index in [0.717, 1.165) is 11.1 Å². The van der Waals surface area contributed by atoms with E-state index in [2.05, 4.69) is 11.4 Å². The summed E-state index contributed by atoms with van der Waals surface area (Å²) in [5.74, 6) is 0.115. The lowest BCUT2D eigenvalue weighted by Crippen LogP contribution is -2.23. The molecule has 3 rings (SSSR count). The molecule has 0 radical (unpaired) electrons. The standard InChI is InChI=1S/C24H21N3O3/c1-27(2)24(29)20-4-3-5-21(14-20)26-23(28)16-30-22-12-10-19(11-13-22)18-8-6-17(15-25)7-9-18/h3-14H,16H2,1-2H3,(H,26,28). The number of carbonyl (C=O) groups excluding carboxylic acids is 2. The van der Waals surface area contributed by atoms with E-state index in [1.807, 2.05) is 24.3 Å². The third-order valence-corrected chi connectivity index (χ3v) is 4.37. The Hall–Kier alpha value is -4.11. The number of carbonyl (C=O) groups is 2. The van der Waals surface area contributed by atoms with Crippen LogP contribution in [0.5, 0.6) is 5.75 Å². The van der Waals surface area contributed by atoms with E-state index >= 15 is 0 Å². The number of nitrogens with one attached hydrogen (secondary N) is 1. The minimum Gasteiger partial charge on any atom is -0.484 e. The van der Waals surface area contributed by atoms with Crippen molar-refractivity contribution in [2.24, 2.45) is 0 Å². The molecule has 6 nitrogen and oxygen atoms in total. The average molecular weight is 399 g/mol. The topological polar surface area (TPSA) is 82.4 Å². The molecule has 0 fully saturated rings. The number of benzene rings is 3. The lowest BCUT2D eigenvalue weighted by atomic mass is 10.0. The Bertz CT molecular complexity index is 1080. The molecule has 0 unspecified atom stereocenters. The van der Waals surface area contributed by atoms with Crippen molar-refractivity contribution in [1.82, 2.24) is 4.90 Å². The fraction of sp³-hybridized carbons (Fsp3) is 0.125. The van der Waals surface area contributed by atoms with Crippen LogP contribution in [-0.4, -0.2) is 37.4 Å². The van der Waals surface area contributed by atoms with E-state index in [1.54, 1.807) is 62.6 Å². The number of amides is 2. The van der Waals surface area contributed by atoms with Crippen molar-refractivity contribution in [3.63, 3.8) is 0 Å². The zero-order valence-electron chi connectivity index (χ0n) is 16.8. The molecule has 0 aliphatic carbocycles. The number of nitriles is 1. The third-order valence-electron chi connectivity index (χ3n) is 4.37. The van der Waals surface area contributed by atoms with Gasteiger partial charge in [0.25, 0.3) is 11.8 Å². The summed E-state index contributed by atoms with van der Waals surface area (Å²) in [4.78, 5) is 25.7. The number of nitrogens with zero attached hydrogens (tertiary/aromatic N) is 2. The van der Waals surface area contributed by atoms with Crippen LogP contribution in [0.2, 0.25) is 0 Å². The summed E-state index contributed by atoms with van der Waals surface area (Å²) in [6.07, 6.45) is 0. The molecule has 0 aliphatic heterocycles. The zero-order valence-corrected chi connectivity index (χ0v) is 16.8. The fourth-order valence-corrected chi connectivity index (χ4v) is 2.81. The van der Waals surface area contributed by atoms with Crippen LogP contribution in [0.3, 0.4) is 0 Å². The minimum absolute atomic E-state index is 0.135. The molecule has 0 aromatic heterocycles. The van der Waals surface area contributed by atoms with E-state index in [0.29, 0.717) is 22.6 Å². The van der Waals surface area contributed by atoms with Crippen molar-refractivity contribution in [3.8, 4) is 22.9 Å². The summed E-state index contributed by atoms with van der Waals surface area (Å²) in [5.41, 5.74) is 3.62. The van der Waals surface area contributed by atoms with Gasteiger partial charge in [-0.2, -0.15) is 5.26 Å². The monoisotopic (exact) mass is 399 g/mol. The van der Waals surface area contributed by atoms with Crippen molar-refractivity contribution in [1.29, 1.82) is 5.26 Å². The highest BCUT2D eigenvalue weighted by Crippen LogP contribution is 2.23. The minimum atomic E-state index is -0.319. The molecule has 2 amide bonds. The number of ether oxygens (including phenoxy) is 1. The Morgan fingerprint density at radius 3 is 2.20 bits per heavy atom. The van der Waals surface area contributed by atoms with Gasteiger partial charge in [0.2, 0.25) is 0 Å². The molecule has 0 bridgehead atoms. The molecular formula is C24H21N3O3. The number of hydrogen-bond donors (Lipinski definition) is 1. The number of anilines is 1. The van der Waals surface area contributed by atoms with Gasteiger partial charge in [0.15, 0.2) is 6.61 Å². The molecule has 3 aromatic carbocycles. The van der Waals surface area contributed by atoms with Gasteiger partial charge in [-0.25, -0.2) is 0 Å². The first-order valence-corrected chi connectivity index (χ1v) is 9.31. The van der Waals surface area contributed by atoms with Crippen molar-refractivity contribution in [3.05, 3.63) is 83.9 Å². The summed E-state index contributed by atoms with van der Waals surface area (Å²) in [6, 6.07) is 23.5. The molecule has 150 valence electrons. The predicted octanol–water partition coefficient (Wildman–Crippen LogP) is 3.94. The van der Waals surface area contributed by atoms with Gasteiger partial charge in [-0.1, -0.05) is 30.3 Å². The van der Waals surface area contributed by atoms with E-state index in [1.165, 1.54) is 4.90 Å². The van der Waals surface area contributed by atoms with Crippen LogP contribution in [0.25, 0.3) is 11.1 Å². The average Bonchev–Trinajstić information content (AvgIpc) is 2.77. The molecule has 30 heavy (non-hydrogen) atoms. The van der Waals surface area contributed by atoms with Crippen molar-refractivity contribution >= 4 is 17.5 Å². The molecule has 0 heterocycles. The van der Waals surface area contributed by atoms with Crippen molar-refractivity contribution in [2.45, 2.75) is 0 Å². The van der Waals surface area contributed by atoms with Crippen LogP contribution in [-0.2, 0) is 4.79 Å². The smallest absolute Gasteiger partial charge is 0.262 e. The predicted molar refractivity (Wildman–Crippen MR) is 115 cm³/mol. The highest BCUT2D eigenvalue weighted by atomic mass is 16.5. The number of hydrogen-bond acceptors (Lipinski definition) is 4. The second-order valence-electron chi connectivity index (χ2n) is 6.83. The summed E-state index contributed by atoms with van der Waals surface area (Å²) in [7, 11) is 3.35. The normalized spacial score (nSPS) is 10.0. The van der Waals surface area contributed by atoms with Crippen LogP contribution in [0, 0.1) is 11.3 Å². The lowest BCUT2D eigenvalue weighted by molar-refractivity contribution is -0.118. The molecule has 0 saturated heterocycles. The summed E-state index contributed by atoms with van der Waals surface area (Å²) < 4.78 is 5.55. The molecule has 0 saturated carbocycles. The maximum atomic E-state index is 12.2. The molecule has 3 aromatic rings. The van der Waals surface area contributed by atoms with E-state index < -0.39 is 0 Å². The highest BCUT2D eigenvalue weighted by Gasteiger charge is 2.10. The summed E-state index contributed by atoms with van der Waals surface area (Å²) in [6.45, 7) is -0.151. The lowest BCUT2D eigenvalue weighted by Gasteiger charge is -2.12. The zero-order chi connectivity index (χ0) is 21.5. The first kappa shape index (κ1) is 20.6. The maximum Gasteiger partial charge on any atom is 0.262 e. The molecule has 1 N–H and O–H groups in total. The summed E-state index contributed by atoms with van der Waals surface area (Å²) in [5, 5.41) is 11.6. The Labute approximate surface area is 175 Å². The van der Waals surface area contributed by atoms with E-state index in [-0.39, 0.29) is 18.4 Å². The Morgan fingerprint density at radius 1 is 0.967 bits per heavy atom. The highest BCUT2D eigenvalue weighted by molar-refractivity contribution is 5.97. The molecule has 0 aliphatic rings. The van der Waals surface area contributed by atoms with Gasteiger partial charge >= 0.3 is 0 Å². The Kier molecular flexibility index (Phi) is 6.46. The van der Waals surface area contributed by atoms with Crippen LogP contribution >= 0.6 is 0 Å². The van der Waals surface area contributed by atoms with Gasteiger partial charge in [-0.05, 0) is 53.6 Å². The summed E-state index contributed by atoms with van der Waals surface area (Å²) >= 11 is 0. The molecule has 6 heteroatoms. The van der Waals surface area contributed by atoms with Gasteiger partial charge in [-0.3, -0.25) is 9.59 Å². The molecule has 0 atom stereocenters. The molecule has 0 spiro atoms. The van der Waals surface area contributed by atoms with Crippen LogP contribution in [0.1, 0.15) is 15.9 Å². The van der Waals surface area contributed by atoms with Gasteiger partial charge in [-0.15, -0.1) is 0 Å². The maximum absolute atomic E-state index is 12.2. The van der Waals surface area contributed by atoms with E-state index in [4.69, 9.17) is 10.00 Å². The van der Waals surface area contributed by atoms with Crippen LogP contribution < -0.4 is 10.1 Å².